The Bertz CT molecular complexity index is 448. The zero-order chi connectivity index (χ0) is 13.3. The number of rotatable bonds is 2. The van der Waals surface area contributed by atoms with Gasteiger partial charge in [-0.25, -0.2) is 0 Å². The average Bonchev–Trinajstić information content (AvgIpc) is 2.58. The van der Waals surface area contributed by atoms with E-state index in [1.165, 1.54) is 0 Å². The van der Waals surface area contributed by atoms with Crippen molar-refractivity contribution in [2.24, 2.45) is 11.3 Å². The van der Waals surface area contributed by atoms with E-state index < -0.39 is 6.10 Å². The topological polar surface area (TPSA) is 40.5 Å². The van der Waals surface area contributed by atoms with Crippen molar-refractivity contribution in [3.63, 3.8) is 0 Å². The van der Waals surface area contributed by atoms with Crippen LogP contribution in [-0.4, -0.2) is 16.3 Å². The van der Waals surface area contributed by atoms with Crippen molar-refractivity contribution in [3.8, 4) is 0 Å². The van der Waals surface area contributed by atoms with Crippen molar-refractivity contribution in [1.82, 2.24) is 0 Å². The van der Waals surface area contributed by atoms with Crippen molar-refractivity contribution in [2.75, 3.05) is 0 Å². The SMILES string of the molecule is CC1(C)CCC(/C(O)=C/c2ccc(Cl)cc2)C1O. The van der Waals surface area contributed by atoms with Gasteiger partial charge in [0, 0.05) is 10.9 Å². The quantitative estimate of drug-likeness (QED) is 0.794. The van der Waals surface area contributed by atoms with Gasteiger partial charge in [-0.3, -0.25) is 0 Å². The second-order valence-corrected chi connectivity index (χ2v) is 6.14. The minimum Gasteiger partial charge on any atom is -0.512 e. The lowest BCUT2D eigenvalue weighted by Crippen LogP contribution is -2.28. The van der Waals surface area contributed by atoms with Crippen LogP contribution in [0, 0.1) is 11.3 Å². The first kappa shape index (κ1) is 13.4. The summed E-state index contributed by atoms with van der Waals surface area (Å²) in [6.45, 7) is 4.07. The van der Waals surface area contributed by atoms with Crippen LogP contribution in [0.5, 0.6) is 0 Å². The van der Waals surface area contributed by atoms with E-state index in [0.717, 1.165) is 18.4 Å². The minimum absolute atomic E-state index is 0.119. The van der Waals surface area contributed by atoms with Crippen molar-refractivity contribution in [3.05, 3.63) is 40.6 Å². The van der Waals surface area contributed by atoms with Gasteiger partial charge in [-0.2, -0.15) is 0 Å². The maximum atomic E-state index is 10.2. The number of hydrogen-bond acceptors (Lipinski definition) is 2. The Kier molecular flexibility index (Phi) is 3.69. The highest BCUT2D eigenvalue weighted by Gasteiger charge is 2.42. The third-order valence-electron chi connectivity index (χ3n) is 3.85. The second kappa shape index (κ2) is 4.94. The highest BCUT2D eigenvalue weighted by atomic mass is 35.5. The second-order valence-electron chi connectivity index (χ2n) is 5.70. The first-order valence-corrected chi connectivity index (χ1v) is 6.62. The van der Waals surface area contributed by atoms with E-state index >= 15 is 0 Å². The fourth-order valence-corrected chi connectivity index (χ4v) is 2.65. The number of benzene rings is 1. The fraction of sp³-hybridized carbons (Fsp3) is 0.467. The zero-order valence-corrected chi connectivity index (χ0v) is 11.5. The molecular weight excluding hydrogens is 248 g/mol. The number of aliphatic hydroxyl groups excluding tert-OH is 2. The first-order chi connectivity index (χ1) is 8.40. The van der Waals surface area contributed by atoms with E-state index in [2.05, 4.69) is 0 Å². The summed E-state index contributed by atoms with van der Waals surface area (Å²) >= 11 is 5.81. The predicted molar refractivity (Wildman–Crippen MR) is 74.6 cm³/mol. The lowest BCUT2D eigenvalue weighted by Gasteiger charge is -2.25. The van der Waals surface area contributed by atoms with E-state index in [1.807, 2.05) is 26.0 Å². The van der Waals surface area contributed by atoms with Crippen LogP contribution in [0.3, 0.4) is 0 Å². The van der Waals surface area contributed by atoms with Crippen LogP contribution in [0.2, 0.25) is 5.02 Å². The first-order valence-electron chi connectivity index (χ1n) is 6.24. The molecule has 1 aliphatic carbocycles. The predicted octanol–water partition coefficient (Wildman–Crippen LogP) is 4.04. The number of halogens is 1. The Morgan fingerprint density at radius 3 is 2.44 bits per heavy atom. The molecule has 0 amide bonds. The molecule has 1 aliphatic rings. The van der Waals surface area contributed by atoms with Gasteiger partial charge in [-0.1, -0.05) is 37.6 Å². The molecule has 0 radical (unpaired) electrons. The molecule has 1 aromatic rings. The number of aliphatic hydroxyl groups is 2. The zero-order valence-electron chi connectivity index (χ0n) is 10.7. The molecular formula is C15H19ClO2. The van der Waals surface area contributed by atoms with E-state index in [-0.39, 0.29) is 17.1 Å². The van der Waals surface area contributed by atoms with E-state index in [1.54, 1.807) is 18.2 Å². The van der Waals surface area contributed by atoms with E-state index in [9.17, 15) is 10.2 Å². The number of hydrogen-bond donors (Lipinski definition) is 2. The fourth-order valence-electron chi connectivity index (χ4n) is 2.52. The maximum Gasteiger partial charge on any atom is 0.0985 e. The van der Waals surface area contributed by atoms with Gasteiger partial charge in [-0.05, 0) is 42.0 Å². The lowest BCUT2D eigenvalue weighted by molar-refractivity contribution is 0.0452. The minimum atomic E-state index is -0.485. The molecule has 0 bridgehead atoms. The van der Waals surface area contributed by atoms with Crippen LogP contribution >= 0.6 is 11.6 Å². The molecule has 3 heteroatoms. The Balaban J connectivity index is 2.17. The van der Waals surface area contributed by atoms with Crippen LogP contribution in [0.15, 0.2) is 30.0 Å². The summed E-state index contributed by atoms with van der Waals surface area (Å²) in [5, 5.41) is 21.0. The van der Waals surface area contributed by atoms with Gasteiger partial charge in [0.25, 0.3) is 0 Å². The van der Waals surface area contributed by atoms with Crippen molar-refractivity contribution < 1.29 is 10.2 Å². The molecule has 0 heterocycles. The molecule has 2 nitrogen and oxygen atoms in total. The average molecular weight is 267 g/mol. The highest BCUT2D eigenvalue weighted by Crippen LogP contribution is 2.44. The molecule has 1 aromatic carbocycles. The molecule has 0 saturated heterocycles. The summed E-state index contributed by atoms with van der Waals surface area (Å²) in [7, 11) is 0. The van der Waals surface area contributed by atoms with Gasteiger partial charge in [0.15, 0.2) is 0 Å². The molecule has 2 unspecified atom stereocenters. The smallest absolute Gasteiger partial charge is 0.0985 e. The van der Waals surface area contributed by atoms with Gasteiger partial charge in [0.2, 0.25) is 0 Å². The summed E-state index contributed by atoms with van der Waals surface area (Å²) in [6, 6.07) is 7.28. The Hall–Kier alpha value is -0.990. The largest absolute Gasteiger partial charge is 0.512 e. The summed E-state index contributed by atoms with van der Waals surface area (Å²) in [5.41, 5.74) is 0.778. The Morgan fingerprint density at radius 2 is 1.94 bits per heavy atom. The van der Waals surface area contributed by atoms with Gasteiger partial charge >= 0.3 is 0 Å². The molecule has 0 aliphatic heterocycles. The molecule has 1 saturated carbocycles. The van der Waals surface area contributed by atoms with Crippen LogP contribution in [0.1, 0.15) is 32.3 Å². The lowest BCUT2D eigenvalue weighted by atomic mass is 9.86. The molecule has 18 heavy (non-hydrogen) atoms. The molecule has 2 atom stereocenters. The molecule has 1 fully saturated rings. The van der Waals surface area contributed by atoms with Crippen molar-refractivity contribution in [2.45, 2.75) is 32.8 Å². The Morgan fingerprint density at radius 1 is 1.33 bits per heavy atom. The standard InChI is InChI=1S/C15H19ClO2/c1-15(2)8-7-12(14(15)18)13(17)9-10-3-5-11(16)6-4-10/h3-6,9,12,14,17-18H,7-8H2,1-2H3/b13-9-. The van der Waals surface area contributed by atoms with Gasteiger partial charge in [0.05, 0.1) is 11.9 Å². The molecule has 2 rings (SSSR count). The van der Waals surface area contributed by atoms with Gasteiger partial charge in [-0.15, -0.1) is 0 Å². The van der Waals surface area contributed by atoms with Gasteiger partial charge < -0.3 is 10.2 Å². The summed E-state index contributed by atoms with van der Waals surface area (Å²) < 4.78 is 0. The summed E-state index contributed by atoms with van der Waals surface area (Å²) in [5.74, 6) is 0.103. The molecule has 0 aromatic heterocycles. The third-order valence-corrected chi connectivity index (χ3v) is 4.10. The normalized spacial score (nSPS) is 27.4. The molecule has 98 valence electrons. The van der Waals surface area contributed by atoms with Crippen LogP contribution in [0.25, 0.3) is 6.08 Å². The van der Waals surface area contributed by atoms with Crippen molar-refractivity contribution >= 4 is 17.7 Å². The van der Waals surface area contributed by atoms with E-state index in [4.69, 9.17) is 11.6 Å². The monoisotopic (exact) mass is 266 g/mol. The van der Waals surface area contributed by atoms with Crippen LogP contribution in [0.4, 0.5) is 0 Å². The van der Waals surface area contributed by atoms with Crippen LogP contribution in [-0.2, 0) is 0 Å². The maximum absolute atomic E-state index is 10.2. The molecule has 2 N–H and O–H groups in total. The Labute approximate surface area is 113 Å². The van der Waals surface area contributed by atoms with Crippen LogP contribution < -0.4 is 0 Å². The van der Waals surface area contributed by atoms with Crippen molar-refractivity contribution in [1.29, 1.82) is 0 Å². The third kappa shape index (κ3) is 2.70. The molecule has 0 spiro atoms. The highest BCUT2D eigenvalue weighted by molar-refractivity contribution is 6.30. The summed E-state index contributed by atoms with van der Waals surface area (Å²) in [4.78, 5) is 0. The van der Waals surface area contributed by atoms with E-state index in [0.29, 0.717) is 5.02 Å². The van der Waals surface area contributed by atoms with Gasteiger partial charge in [0.1, 0.15) is 0 Å². The summed E-state index contributed by atoms with van der Waals surface area (Å²) in [6.07, 6.45) is 2.98.